The largest absolute Gasteiger partial charge is 0.419 e. The van der Waals surface area contributed by atoms with Gasteiger partial charge in [-0.05, 0) is 25.0 Å². The van der Waals surface area contributed by atoms with E-state index in [1.165, 1.54) is 25.7 Å². The summed E-state index contributed by atoms with van der Waals surface area (Å²) in [5.74, 6) is 1.18. The molecule has 1 aromatic carbocycles. The molecule has 1 aliphatic carbocycles. The molecule has 0 bridgehead atoms. The van der Waals surface area contributed by atoms with E-state index in [4.69, 9.17) is 4.42 Å². The van der Waals surface area contributed by atoms with Crippen molar-refractivity contribution in [2.24, 2.45) is 0 Å². The Bertz CT molecular complexity index is 550. The zero-order valence-electron chi connectivity index (χ0n) is 12.1. The van der Waals surface area contributed by atoms with Crippen molar-refractivity contribution < 1.29 is 9.52 Å². The first-order valence-electron chi connectivity index (χ1n) is 7.59. The van der Waals surface area contributed by atoms with E-state index in [2.05, 4.69) is 15.1 Å². The van der Waals surface area contributed by atoms with E-state index >= 15 is 0 Å². The molecule has 1 aromatic heterocycles. The number of aliphatic hydroxyl groups is 1. The maximum atomic E-state index is 9.25. The average molecular weight is 287 g/mol. The van der Waals surface area contributed by atoms with E-state index in [-0.39, 0.29) is 6.61 Å². The molecule has 1 aliphatic rings. The lowest BCUT2D eigenvalue weighted by molar-refractivity contribution is 0.134. The predicted molar refractivity (Wildman–Crippen MR) is 79.5 cm³/mol. The van der Waals surface area contributed by atoms with Crippen LogP contribution in [0.5, 0.6) is 0 Å². The summed E-state index contributed by atoms with van der Waals surface area (Å²) in [5, 5.41) is 17.5. The van der Waals surface area contributed by atoms with Crippen LogP contribution >= 0.6 is 0 Å². The van der Waals surface area contributed by atoms with Crippen LogP contribution in [0.1, 0.15) is 31.6 Å². The summed E-state index contributed by atoms with van der Waals surface area (Å²) in [6.45, 7) is 1.44. The Hall–Kier alpha value is -1.72. The molecule has 2 aromatic rings. The Morgan fingerprint density at radius 2 is 1.90 bits per heavy atom. The quantitative estimate of drug-likeness (QED) is 0.884. The predicted octanol–water partition coefficient (Wildman–Crippen LogP) is 2.47. The lowest BCUT2D eigenvalue weighted by Crippen LogP contribution is -2.35. The monoisotopic (exact) mass is 287 g/mol. The first-order valence-corrected chi connectivity index (χ1v) is 7.59. The fourth-order valence-corrected chi connectivity index (χ4v) is 2.98. The highest BCUT2D eigenvalue weighted by Crippen LogP contribution is 2.25. The van der Waals surface area contributed by atoms with Crippen molar-refractivity contribution in [1.29, 1.82) is 0 Å². The normalized spacial score (nSPS) is 15.9. The van der Waals surface area contributed by atoms with Crippen molar-refractivity contribution in [3.05, 3.63) is 36.2 Å². The van der Waals surface area contributed by atoms with Gasteiger partial charge in [0.05, 0.1) is 13.2 Å². The van der Waals surface area contributed by atoms with Gasteiger partial charge in [-0.15, -0.1) is 10.2 Å². The van der Waals surface area contributed by atoms with Gasteiger partial charge in [-0.3, -0.25) is 4.90 Å². The topological polar surface area (TPSA) is 62.4 Å². The third kappa shape index (κ3) is 3.49. The third-order valence-electron chi connectivity index (χ3n) is 4.05. The van der Waals surface area contributed by atoms with Crippen LogP contribution in [0.2, 0.25) is 0 Å². The number of nitrogens with zero attached hydrogens (tertiary/aromatic N) is 3. The van der Waals surface area contributed by atoms with E-state index in [1.54, 1.807) is 0 Å². The third-order valence-corrected chi connectivity index (χ3v) is 4.05. The van der Waals surface area contributed by atoms with Crippen LogP contribution in [-0.2, 0) is 6.54 Å². The molecule has 0 aliphatic heterocycles. The van der Waals surface area contributed by atoms with Crippen LogP contribution in [-0.4, -0.2) is 39.4 Å². The maximum absolute atomic E-state index is 9.25. The van der Waals surface area contributed by atoms with Gasteiger partial charge in [0, 0.05) is 18.2 Å². The van der Waals surface area contributed by atoms with Gasteiger partial charge in [-0.1, -0.05) is 31.0 Å². The molecule has 5 nitrogen and oxygen atoms in total. The molecule has 0 amide bonds. The minimum Gasteiger partial charge on any atom is -0.419 e. The summed E-state index contributed by atoms with van der Waals surface area (Å²) in [7, 11) is 0. The van der Waals surface area contributed by atoms with Crippen molar-refractivity contribution in [2.75, 3.05) is 13.2 Å². The smallest absolute Gasteiger partial charge is 0.247 e. The summed E-state index contributed by atoms with van der Waals surface area (Å²) < 4.78 is 5.76. The summed E-state index contributed by atoms with van der Waals surface area (Å²) >= 11 is 0. The summed E-state index contributed by atoms with van der Waals surface area (Å²) in [6, 6.07) is 10.3. The maximum Gasteiger partial charge on any atom is 0.247 e. The highest BCUT2D eigenvalue weighted by molar-refractivity contribution is 5.51. The van der Waals surface area contributed by atoms with E-state index in [0.29, 0.717) is 30.9 Å². The molecule has 0 atom stereocenters. The van der Waals surface area contributed by atoms with Gasteiger partial charge in [0.25, 0.3) is 0 Å². The lowest BCUT2D eigenvalue weighted by Gasteiger charge is -2.26. The van der Waals surface area contributed by atoms with Crippen LogP contribution in [0.15, 0.2) is 34.7 Å². The Kier molecular flexibility index (Phi) is 4.62. The summed E-state index contributed by atoms with van der Waals surface area (Å²) in [6.07, 6.45) is 4.93. The number of aliphatic hydroxyl groups excluding tert-OH is 1. The van der Waals surface area contributed by atoms with Crippen LogP contribution in [0.3, 0.4) is 0 Å². The number of aromatic nitrogens is 2. The Morgan fingerprint density at radius 3 is 2.62 bits per heavy atom. The first kappa shape index (κ1) is 14.2. The fraction of sp³-hybridized carbons (Fsp3) is 0.500. The van der Waals surface area contributed by atoms with Gasteiger partial charge in [-0.2, -0.15) is 0 Å². The molecule has 1 heterocycles. The minimum atomic E-state index is 0.163. The Morgan fingerprint density at radius 1 is 1.14 bits per heavy atom. The van der Waals surface area contributed by atoms with Gasteiger partial charge >= 0.3 is 0 Å². The van der Waals surface area contributed by atoms with Gasteiger partial charge in [0.15, 0.2) is 0 Å². The second-order valence-electron chi connectivity index (χ2n) is 5.50. The Labute approximate surface area is 124 Å². The SMILES string of the molecule is OCCN(Cc1nnc(-c2ccccc2)o1)C1CCCC1. The molecule has 1 fully saturated rings. The molecule has 5 heteroatoms. The van der Waals surface area contributed by atoms with Crippen LogP contribution in [0.4, 0.5) is 0 Å². The molecular weight excluding hydrogens is 266 g/mol. The fourth-order valence-electron chi connectivity index (χ4n) is 2.98. The average Bonchev–Trinajstić information content (AvgIpc) is 3.19. The molecule has 1 N–H and O–H groups in total. The molecule has 21 heavy (non-hydrogen) atoms. The molecule has 0 radical (unpaired) electrons. The van der Waals surface area contributed by atoms with Crippen LogP contribution < -0.4 is 0 Å². The second kappa shape index (κ2) is 6.83. The molecule has 0 saturated heterocycles. The second-order valence-corrected chi connectivity index (χ2v) is 5.50. The van der Waals surface area contributed by atoms with E-state index in [9.17, 15) is 5.11 Å². The van der Waals surface area contributed by atoms with Gasteiger partial charge < -0.3 is 9.52 Å². The van der Waals surface area contributed by atoms with Crippen LogP contribution in [0, 0.1) is 0 Å². The highest BCUT2D eigenvalue weighted by Gasteiger charge is 2.24. The zero-order valence-corrected chi connectivity index (χ0v) is 12.1. The highest BCUT2D eigenvalue weighted by atomic mass is 16.4. The van der Waals surface area contributed by atoms with Crippen LogP contribution in [0.25, 0.3) is 11.5 Å². The summed E-state index contributed by atoms with van der Waals surface area (Å²) in [4.78, 5) is 2.26. The van der Waals surface area contributed by atoms with E-state index in [0.717, 1.165) is 5.56 Å². The number of hydrogen-bond donors (Lipinski definition) is 1. The van der Waals surface area contributed by atoms with Crippen molar-refractivity contribution in [2.45, 2.75) is 38.3 Å². The first-order chi connectivity index (χ1) is 10.4. The van der Waals surface area contributed by atoms with Crippen molar-refractivity contribution in [1.82, 2.24) is 15.1 Å². The molecule has 3 rings (SSSR count). The standard InChI is InChI=1S/C16H21N3O2/c20-11-10-19(14-8-4-5-9-14)12-15-17-18-16(21-15)13-6-2-1-3-7-13/h1-3,6-7,14,20H,4-5,8-12H2. The molecular formula is C16H21N3O2. The zero-order chi connectivity index (χ0) is 14.5. The van der Waals surface area contributed by atoms with Crippen molar-refractivity contribution >= 4 is 0 Å². The number of benzene rings is 1. The number of rotatable bonds is 6. The lowest BCUT2D eigenvalue weighted by atomic mass is 10.2. The Balaban J connectivity index is 1.70. The van der Waals surface area contributed by atoms with Gasteiger partial charge in [0.2, 0.25) is 11.8 Å². The minimum absolute atomic E-state index is 0.163. The number of hydrogen-bond acceptors (Lipinski definition) is 5. The van der Waals surface area contributed by atoms with Gasteiger partial charge in [0.1, 0.15) is 0 Å². The molecule has 0 unspecified atom stereocenters. The molecule has 0 spiro atoms. The van der Waals surface area contributed by atoms with E-state index in [1.807, 2.05) is 30.3 Å². The van der Waals surface area contributed by atoms with E-state index < -0.39 is 0 Å². The molecule has 112 valence electrons. The van der Waals surface area contributed by atoms with Crippen molar-refractivity contribution in [3.8, 4) is 11.5 Å². The molecule has 1 saturated carbocycles. The summed E-state index contributed by atoms with van der Waals surface area (Å²) in [5.41, 5.74) is 0.936. The van der Waals surface area contributed by atoms with Gasteiger partial charge in [-0.25, -0.2) is 0 Å². The van der Waals surface area contributed by atoms with Crippen molar-refractivity contribution in [3.63, 3.8) is 0 Å².